The lowest BCUT2D eigenvalue weighted by Crippen LogP contribution is -2.48. The zero-order chi connectivity index (χ0) is 14.6. The predicted octanol–water partition coefficient (Wildman–Crippen LogP) is 2.67. The summed E-state index contributed by atoms with van der Waals surface area (Å²) < 4.78 is 5.66. The molecule has 0 radical (unpaired) electrons. The number of aliphatic carboxylic acids is 1. The standard InChI is InChI=1S/C16H19NO3/c1-16(17-2,15(18)19)9-10-20-14-8-7-12-5-3-4-6-13(12)11-14/h3-8,11,17H,9-10H2,1-2H3,(H,18,19). The summed E-state index contributed by atoms with van der Waals surface area (Å²) in [7, 11) is 1.64. The average molecular weight is 273 g/mol. The maximum atomic E-state index is 11.2. The van der Waals surface area contributed by atoms with Crippen LogP contribution in [0, 0.1) is 0 Å². The van der Waals surface area contributed by atoms with Crippen molar-refractivity contribution < 1.29 is 14.6 Å². The van der Waals surface area contributed by atoms with Gasteiger partial charge in [-0.25, -0.2) is 0 Å². The molecule has 0 aliphatic heterocycles. The molecule has 0 saturated heterocycles. The first-order chi connectivity index (χ1) is 9.55. The van der Waals surface area contributed by atoms with Crippen LogP contribution >= 0.6 is 0 Å². The normalized spacial score (nSPS) is 13.9. The van der Waals surface area contributed by atoms with Crippen molar-refractivity contribution in [2.24, 2.45) is 0 Å². The average Bonchev–Trinajstić information content (AvgIpc) is 2.46. The number of nitrogens with one attached hydrogen (secondary N) is 1. The Kier molecular flexibility index (Phi) is 4.25. The lowest BCUT2D eigenvalue weighted by Gasteiger charge is -2.23. The smallest absolute Gasteiger partial charge is 0.323 e. The lowest BCUT2D eigenvalue weighted by molar-refractivity contribution is -0.144. The fourth-order valence-corrected chi connectivity index (χ4v) is 1.97. The van der Waals surface area contributed by atoms with E-state index < -0.39 is 11.5 Å². The second-order valence-corrected chi connectivity index (χ2v) is 4.99. The molecule has 2 aromatic rings. The molecule has 0 heterocycles. The van der Waals surface area contributed by atoms with Gasteiger partial charge in [0.05, 0.1) is 6.61 Å². The van der Waals surface area contributed by atoms with Crippen LogP contribution in [0.5, 0.6) is 5.75 Å². The minimum absolute atomic E-state index is 0.349. The Balaban J connectivity index is 2.01. The molecule has 20 heavy (non-hydrogen) atoms. The Morgan fingerprint density at radius 2 is 1.95 bits per heavy atom. The van der Waals surface area contributed by atoms with Crippen LogP contribution in [0.2, 0.25) is 0 Å². The molecule has 2 N–H and O–H groups in total. The van der Waals surface area contributed by atoms with Gasteiger partial charge in [-0.2, -0.15) is 0 Å². The van der Waals surface area contributed by atoms with Crippen molar-refractivity contribution in [3.05, 3.63) is 42.5 Å². The highest BCUT2D eigenvalue weighted by Gasteiger charge is 2.30. The van der Waals surface area contributed by atoms with Crippen LogP contribution in [0.4, 0.5) is 0 Å². The summed E-state index contributed by atoms with van der Waals surface area (Å²) in [5.41, 5.74) is -0.961. The van der Waals surface area contributed by atoms with E-state index in [0.717, 1.165) is 16.5 Å². The van der Waals surface area contributed by atoms with E-state index in [-0.39, 0.29) is 0 Å². The molecule has 0 aromatic heterocycles. The van der Waals surface area contributed by atoms with E-state index in [2.05, 4.69) is 5.32 Å². The van der Waals surface area contributed by atoms with Gasteiger partial charge in [0.2, 0.25) is 0 Å². The summed E-state index contributed by atoms with van der Waals surface area (Å²) in [5.74, 6) is -0.116. The molecular formula is C16H19NO3. The Morgan fingerprint density at radius 1 is 1.25 bits per heavy atom. The lowest BCUT2D eigenvalue weighted by atomic mass is 9.99. The van der Waals surface area contributed by atoms with Gasteiger partial charge in [-0.05, 0) is 36.9 Å². The van der Waals surface area contributed by atoms with Crippen LogP contribution in [0.25, 0.3) is 10.8 Å². The van der Waals surface area contributed by atoms with Crippen molar-refractivity contribution in [1.29, 1.82) is 0 Å². The highest BCUT2D eigenvalue weighted by molar-refractivity contribution is 5.83. The summed E-state index contributed by atoms with van der Waals surface area (Å²) in [6, 6.07) is 13.9. The molecule has 2 aromatic carbocycles. The molecule has 0 aliphatic rings. The van der Waals surface area contributed by atoms with Crippen LogP contribution in [-0.2, 0) is 4.79 Å². The zero-order valence-corrected chi connectivity index (χ0v) is 11.7. The van der Waals surface area contributed by atoms with E-state index in [4.69, 9.17) is 9.84 Å². The summed E-state index contributed by atoms with van der Waals surface area (Å²) >= 11 is 0. The van der Waals surface area contributed by atoms with Gasteiger partial charge in [-0.15, -0.1) is 0 Å². The minimum Gasteiger partial charge on any atom is -0.493 e. The monoisotopic (exact) mass is 273 g/mol. The molecule has 0 saturated carbocycles. The van der Waals surface area contributed by atoms with E-state index in [1.165, 1.54) is 0 Å². The van der Waals surface area contributed by atoms with Gasteiger partial charge in [-0.3, -0.25) is 4.79 Å². The van der Waals surface area contributed by atoms with E-state index in [1.807, 2.05) is 42.5 Å². The van der Waals surface area contributed by atoms with Gasteiger partial charge < -0.3 is 15.2 Å². The van der Waals surface area contributed by atoms with Gasteiger partial charge in [-0.1, -0.05) is 30.3 Å². The quantitative estimate of drug-likeness (QED) is 0.849. The molecule has 0 aliphatic carbocycles. The number of carbonyl (C=O) groups is 1. The highest BCUT2D eigenvalue weighted by Crippen LogP contribution is 2.21. The summed E-state index contributed by atoms with van der Waals surface area (Å²) in [6.07, 6.45) is 0.395. The number of hydrogen-bond donors (Lipinski definition) is 2. The molecule has 0 bridgehead atoms. The van der Waals surface area contributed by atoms with Gasteiger partial charge in [0.15, 0.2) is 0 Å². The Labute approximate surface area is 118 Å². The second kappa shape index (κ2) is 5.92. The Hall–Kier alpha value is -2.07. The van der Waals surface area contributed by atoms with E-state index in [1.54, 1.807) is 14.0 Å². The largest absolute Gasteiger partial charge is 0.493 e. The maximum absolute atomic E-state index is 11.2. The topological polar surface area (TPSA) is 58.6 Å². The Bertz CT molecular complexity index is 611. The third-order valence-corrected chi connectivity index (χ3v) is 3.62. The molecule has 0 fully saturated rings. The maximum Gasteiger partial charge on any atom is 0.323 e. The fourth-order valence-electron chi connectivity index (χ4n) is 1.97. The van der Waals surface area contributed by atoms with Crippen molar-refractivity contribution in [3.63, 3.8) is 0 Å². The zero-order valence-electron chi connectivity index (χ0n) is 11.7. The van der Waals surface area contributed by atoms with Crippen molar-refractivity contribution in [2.45, 2.75) is 18.9 Å². The molecule has 1 unspecified atom stereocenters. The van der Waals surface area contributed by atoms with Crippen LogP contribution < -0.4 is 10.1 Å². The van der Waals surface area contributed by atoms with Crippen molar-refractivity contribution in [3.8, 4) is 5.75 Å². The van der Waals surface area contributed by atoms with Crippen molar-refractivity contribution >= 4 is 16.7 Å². The number of rotatable bonds is 6. The van der Waals surface area contributed by atoms with Crippen molar-refractivity contribution in [1.82, 2.24) is 5.32 Å². The first-order valence-electron chi connectivity index (χ1n) is 6.59. The molecule has 2 rings (SSSR count). The molecule has 4 heteroatoms. The van der Waals surface area contributed by atoms with Crippen LogP contribution in [0.15, 0.2) is 42.5 Å². The summed E-state index contributed by atoms with van der Waals surface area (Å²) in [6.45, 7) is 2.00. The van der Waals surface area contributed by atoms with Gasteiger partial charge in [0.25, 0.3) is 0 Å². The molecular weight excluding hydrogens is 254 g/mol. The van der Waals surface area contributed by atoms with E-state index >= 15 is 0 Å². The molecule has 1 atom stereocenters. The van der Waals surface area contributed by atoms with Crippen molar-refractivity contribution in [2.75, 3.05) is 13.7 Å². The first-order valence-corrected chi connectivity index (χ1v) is 6.59. The van der Waals surface area contributed by atoms with Crippen LogP contribution in [0.3, 0.4) is 0 Å². The second-order valence-electron chi connectivity index (χ2n) is 4.99. The van der Waals surface area contributed by atoms with E-state index in [9.17, 15) is 4.79 Å². The van der Waals surface area contributed by atoms with Gasteiger partial charge in [0, 0.05) is 6.42 Å². The number of carboxylic acid groups (broad SMARTS) is 1. The van der Waals surface area contributed by atoms with Gasteiger partial charge in [0.1, 0.15) is 11.3 Å². The number of carboxylic acids is 1. The van der Waals surface area contributed by atoms with E-state index in [0.29, 0.717) is 13.0 Å². The number of likely N-dealkylation sites (N-methyl/N-ethyl adjacent to an activating group) is 1. The predicted molar refractivity (Wildman–Crippen MR) is 79.2 cm³/mol. The number of fused-ring (bicyclic) bond motifs is 1. The van der Waals surface area contributed by atoms with Crippen LogP contribution in [0.1, 0.15) is 13.3 Å². The minimum atomic E-state index is -0.961. The summed E-state index contributed by atoms with van der Waals surface area (Å²) in [5, 5.41) is 14.2. The van der Waals surface area contributed by atoms with Crippen LogP contribution in [-0.4, -0.2) is 30.3 Å². The SMILES string of the molecule is CNC(C)(CCOc1ccc2ccccc2c1)C(=O)O. The van der Waals surface area contributed by atoms with Gasteiger partial charge >= 0.3 is 5.97 Å². The highest BCUT2D eigenvalue weighted by atomic mass is 16.5. The number of ether oxygens (including phenoxy) is 1. The first kappa shape index (κ1) is 14.3. The summed E-state index contributed by atoms with van der Waals surface area (Å²) in [4.78, 5) is 11.2. The fraction of sp³-hybridized carbons (Fsp3) is 0.312. The third-order valence-electron chi connectivity index (χ3n) is 3.62. The third kappa shape index (κ3) is 3.08. The molecule has 106 valence electrons. The Morgan fingerprint density at radius 3 is 2.60 bits per heavy atom. The number of benzene rings is 2. The number of hydrogen-bond acceptors (Lipinski definition) is 3. The molecule has 4 nitrogen and oxygen atoms in total. The molecule has 0 amide bonds. The molecule has 0 spiro atoms.